The molecule has 0 radical (unpaired) electrons. The first-order chi connectivity index (χ1) is 12.0. The van der Waals surface area contributed by atoms with Gasteiger partial charge in [-0.15, -0.1) is 0 Å². The summed E-state index contributed by atoms with van der Waals surface area (Å²) in [7, 11) is 0. The molecule has 0 bridgehead atoms. The van der Waals surface area contributed by atoms with E-state index in [1.54, 1.807) is 6.20 Å². The topological polar surface area (TPSA) is 68.9 Å². The van der Waals surface area contributed by atoms with E-state index in [2.05, 4.69) is 9.97 Å². The van der Waals surface area contributed by atoms with Gasteiger partial charge in [0.05, 0.1) is 23.5 Å². The van der Waals surface area contributed by atoms with Crippen molar-refractivity contribution in [3.8, 4) is 11.3 Å². The third kappa shape index (κ3) is 4.00. The predicted molar refractivity (Wildman–Crippen MR) is 94.5 cm³/mol. The maximum Gasteiger partial charge on any atom is 0.225 e. The lowest BCUT2D eigenvalue weighted by Crippen LogP contribution is -2.23. The van der Waals surface area contributed by atoms with Gasteiger partial charge in [-0.25, -0.2) is 9.37 Å². The van der Waals surface area contributed by atoms with Crippen molar-refractivity contribution in [2.24, 2.45) is 5.73 Å². The van der Waals surface area contributed by atoms with Gasteiger partial charge in [-0.05, 0) is 23.8 Å². The number of nitrogens with two attached hydrogens (primary N) is 1. The SMILES string of the molecule is NC(=O)[C@H](Cc1cncc(-c2cc(Cl)ccc2F)n1)c1ccccc1. The summed E-state index contributed by atoms with van der Waals surface area (Å²) < 4.78 is 14.0. The second-order valence-electron chi connectivity index (χ2n) is 5.59. The lowest BCUT2D eigenvalue weighted by Gasteiger charge is -2.14. The highest BCUT2D eigenvalue weighted by Crippen LogP contribution is 2.25. The Kier molecular flexibility index (Phi) is 5.05. The highest BCUT2D eigenvalue weighted by atomic mass is 35.5. The van der Waals surface area contributed by atoms with Gasteiger partial charge in [0, 0.05) is 23.2 Å². The van der Waals surface area contributed by atoms with Crippen LogP contribution in [0.25, 0.3) is 11.3 Å². The third-order valence-corrected chi connectivity index (χ3v) is 4.08. The number of carbonyl (C=O) groups is 1. The molecule has 1 aromatic heterocycles. The largest absolute Gasteiger partial charge is 0.369 e. The van der Waals surface area contributed by atoms with E-state index < -0.39 is 17.6 Å². The molecule has 126 valence electrons. The Hall–Kier alpha value is -2.79. The van der Waals surface area contributed by atoms with Gasteiger partial charge in [-0.1, -0.05) is 41.9 Å². The van der Waals surface area contributed by atoms with Crippen LogP contribution in [0.5, 0.6) is 0 Å². The Morgan fingerprint density at radius 3 is 2.64 bits per heavy atom. The van der Waals surface area contributed by atoms with Crippen molar-refractivity contribution in [1.29, 1.82) is 0 Å². The Morgan fingerprint density at radius 1 is 1.16 bits per heavy atom. The zero-order valence-electron chi connectivity index (χ0n) is 13.2. The molecular formula is C19H15ClFN3O. The summed E-state index contributed by atoms with van der Waals surface area (Å²) in [6.45, 7) is 0. The molecule has 0 aliphatic heterocycles. The van der Waals surface area contributed by atoms with Crippen LogP contribution in [0.15, 0.2) is 60.9 Å². The van der Waals surface area contributed by atoms with Gasteiger partial charge >= 0.3 is 0 Å². The van der Waals surface area contributed by atoms with E-state index in [0.717, 1.165) is 5.56 Å². The molecule has 3 aromatic rings. The molecule has 0 saturated heterocycles. The van der Waals surface area contributed by atoms with Crippen molar-refractivity contribution in [2.75, 3.05) is 0 Å². The Labute approximate surface area is 149 Å². The molecule has 0 aliphatic rings. The van der Waals surface area contributed by atoms with Crippen LogP contribution in [0, 0.1) is 5.82 Å². The molecule has 2 N–H and O–H groups in total. The number of halogens is 2. The first-order valence-electron chi connectivity index (χ1n) is 7.65. The second-order valence-corrected chi connectivity index (χ2v) is 6.03. The fourth-order valence-corrected chi connectivity index (χ4v) is 2.78. The molecule has 0 saturated carbocycles. The van der Waals surface area contributed by atoms with Crippen LogP contribution in [0.1, 0.15) is 17.2 Å². The van der Waals surface area contributed by atoms with Crippen LogP contribution in [-0.2, 0) is 11.2 Å². The first-order valence-corrected chi connectivity index (χ1v) is 8.03. The first kappa shape index (κ1) is 17.0. The average molecular weight is 356 g/mol. The van der Waals surface area contributed by atoms with E-state index in [0.29, 0.717) is 16.4 Å². The van der Waals surface area contributed by atoms with Crippen LogP contribution < -0.4 is 5.73 Å². The molecule has 0 spiro atoms. The summed E-state index contributed by atoms with van der Waals surface area (Å²) >= 11 is 5.94. The average Bonchev–Trinajstić information content (AvgIpc) is 2.62. The number of rotatable bonds is 5. The van der Waals surface area contributed by atoms with Gasteiger partial charge in [0.1, 0.15) is 5.82 Å². The van der Waals surface area contributed by atoms with Gasteiger partial charge in [0.2, 0.25) is 5.91 Å². The summed E-state index contributed by atoms with van der Waals surface area (Å²) in [6.07, 6.45) is 3.28. The van der Waals surface area contributed by atoms with Gasteiger partial charge in [-0.3, -0.25) is 9.78 Å². The third-order valence-electron chi connectivity index (χ3n) is 3.85. The molecule has 2 aromatic carbocycles. The highest BCUT2D eigenvalue weighted by molar-refractivity contribution is 6.30. The fourth-order valence-electron chi connectivity index (χ4n) is 2.61. The fraction of sp³-hybridized carbons (Fsp3) is 0.105. The lowest BCUT2D eigenvalue weighted by molar-refractivity contribution is -0.119. The van der Waals surface area contributed by atoms with E-state index in [-0.39, 0.29) is 12.0 Å². The van der Waals surface area contributed by atoms with E-state index in [4.69, 9.17) is 17.3 Å². The lowest BCUT2D eigenvalue weighted by atomic mass is 9.93. The van der Waals surface area contributed by atoms with Crippen LogP contribution in [0.2, 0.25) is 5.02 Å². The highest BCUT2D eigenvalue weighted by Gasteiger charge is 2.19. The van der Waals surface area contributed by atoms with E-state index in [1.807, 2.05) is 30.3 Å². The smallest absolute Gasteiger partial charge is 0.225 e. The molecule has 3 rings (SSSR count). The van der Waals surface area contributed by atoms with Crippen molar-refractivity contribution in [3.05, 3.63) is 83.0 Å². The monoisotopic (exact) mass is 355 g/mol. The van der Waals surface area contributed by atoms with Crippen molar-refractivity contribution >= 4 is 17.5 Å². The van der Waals surface area contributed by atoms with Crippen molar-refractivity contribution in [3.63, 3.8) is 0 Å². The minimum absolute atomic E-state index is 0.261. The molecule has 1 atom stereocenters. The number of nitrogens with zero attached hydrogens (tertiary/aromatic N) is 2. The van der Waals surface area contributed by atoms with E-state index >= 15 is 0 Å². The molecule has 1 heterocycles. The van der Waals surface area contributed by atoms with Crippen molar-refractivity contribution in [1.82, 2.24) is 9.97 Å². The minimum atomic E-state index is -0.532. The number of primary amides is 1. The number of hydrogen-bond acceptors (Lipinski definition) is 3. The van der Waals surface area contributed by atoms with E-state index in [1.165, 1.54) is 24.4 Å². The van der Waals surface area contributed by atoms with Crippen LogP contribution in [0.3, 0.4) is 0 Å². The number of hydrogen-bond donors (Lipinski definition) is 1. The molecule has 1 amide bonds. The Morgan fingerprint density at radius 2 is 1.92 bits per heavy atom. The van der Waals surface area contributed by atoms with Gasteiger partial charge in [-0.2, -0.15) is 0 Å². The summed E-state index contributed by atoms with van der Waals surface area (Å²) in [4.78, 5) is 20.4. The molecule has 0 unspecified atom stereocenters. The van der Waals surface area contributed by atoms with E-state index in [9.17, 15) is 9.18 Å². The molecular weight excluding hydrogens is 341 g/mol. The minimum Gasteiger partial charge on any atom is -0.369 e. The normalized spacial score (nSPS) is 11.9. The van der Waals surface area contributed by atoms with Crippen LogP contribution >= 0.6 is 11.6 Å². The quantitative estimate of drug-likeness (QED) is 0.757. The summed E-state index contributed by atoms with van der Waals surface area (Å²) in [5.41, 5.74) is 7.51. The maximum atomic E-state index is 14.0. The van der Waals surface area contributed by atoms with Crippen LogP contribution in [-0.4, -0.2) is 15.9 Å². The van der Waals surface area contributed by atoms with Gasteiger partial charge in [0.15, 0.2) is 0 Å². The zero-order chi connectivity index (χ0) is 17.8. The van der Waals surface area contributed by atoms with Crippen molar-refractivity contribution < 1.29 is 9.18 Å². The molecule has 25 heavy (non-hydrogen) atoms. The summed E-state index contributed by atoms with van der Waals surface area (Å²) in [5, 5.41) is 0.405. The number of benzene rings is 2. The van der Waals surface area contributed by atoms with Crippen LogP contribution in [0.4, 0.5) is 4.39 Å². The van der Waals surface area contributed by atoms with Crippen molar-refractivity contribution in [2.45, 2.75) is 12.3 Å². The molecule has 4 nitrogen and oxygen atoms in total. The standard InChI is InChI=1S/C19H15ClFN3O/c20-13-6-7-17(21)16(8-13)18-11-23-10-14(24-18)9-15(19(22)25)12-4-2-1-3-5-12/h1-8,10-11,15H,9H2,(H2,22,25)/t15-/m1/s1. The Bertz CT molecular complexity index is 902. The number of amides is 1. The molecule has 0 aliphatic carbocycles. The maximum absolute atomic E-state index is 14.0. The summed E-state index contributed by atoms with van der Waals surface area (Å²) in [5.74, 6) is -1.42. The number of aromatic nitrogens is 2. The van der Waals surface area contributed by atoms with Gasteiger partial charge < -0.3 is 5.73 Å². The Balaban J connectivity index is 1.93. The molecule has 6 heteroatoms. The second kappa shape index (κ2) is 7.40. The summed E-state index contributed by atoms with van der Waals surface area (Å²) in [6, 6.07) is 13.5. The number of carbonyl (C=O) groups excluding carboxylic acids is 1. The zero-order valence-corrected chi connectivity index (χ0v) is 13.9. The predicted octanol–water partition coefficient (Wildman–Crippen LogP) is 3.75. The molecule has 0 fully saturated rings. The van der Waals surface area contributed by atoms with Gasteiger partial charge in [0.25, 0.3) is 0 Å².